The summed E-state index contributed by atoms with van der Waals surface area (Å²) in [7, 11) is -4.03. The molecule has 0 unspecified atom stereocenters. The molecule has 0 bridgehead atoms. The fourth-order valence-electron chi connectivity index (χ4n) is 2.98. The molecular formula is C23H17FN4O4S. The Bertz CT molecular complexity index is 1460. The summed E-state index contributed by atoms with van der Waals surface area (Å²) in [5, 5.41) is 0.866. The van der Waals surface area contributed by atoms with Gasteiger partial charge in [0.2, 0.25) is 0 Å². The number of hydrogen-bond donors (Lipinski definition) is 3. The predicted molar refractivity (Wildman–Crippen MR) is 120 cm³/mol. The molecule has 0 aliphatic carbocycles. The standard InChI is InChI=1S/C23H17FN4O4S/c24-17-9-11-18(12-10-17)28-33(31,32)19-6-3-5-16(14-19)22(29)26-27-23(30)21-13-8-15-4-1-2-7-20(15)25-21/h1-14,28H,(H,26,29)(H,27,30). The van der Waals surface area contributed by atoms with Crippen LogP contribution in [0.3, 0.4) is 0 Å². The summed E-state index contributed by atoms with van der Waals surface area (Å²) in [4.78, 5) is 28.9. The lowest BCUT2D eigenvalue weighted by atomic mass is 10.2. The third-order valence-corrected chi connectivity index (χ3v) is 6.00. The van der Waals surface area contributed by atoms with Gasteiger partial charge in [-0.05, 0) is 54.6 Å². The van der Waals surface area contributed by atoms with Crippen molar-refractivity contribution in [2.75, 3.05) is 4.72 Å². The van der Waals surface area contributed by atoms with E-state index in [9.17, 15) is 22.4 Å². The Labute approximate surface area is 188 Å². The average Bonchev–Trinajstić information content (AvgIpc) is 2.83. The van der Waals surface area contributed by atoms with E-state index < -0.39 is 27.7 Å². The first-order valence-corrected chi connectivity index (χ1v) is 11.1. The van der Waals surface area contributed by atoms with Crippen LogP contribution >= 0.6 is 0 Å². The van der Waals surface area contributed by atoms with Crippen molar-refractivity contribution in [3.63, 3.8) is 0 Å². The van der Waals surface area contributed by atoms with Gasteiger partial charge in [0.05, 0.1) is 10.4 Å². The summed E-state index contributed by atoms with van der Waals surface area (Å²) in [6, 6.07) is 20.6. The molecule has 8 nitrogen and oxygen atoms in total. The van der Waals surface area contributed by atoms with Crippen molar-refractivity contribution in [1.29, 1.82) is 0 Å². The molecule has 3 aromatic carbocycles. The molecule has 0 radical (unpaired) electrons. The zero-order valence-electron chi connectivity index (χ0n) is 16.9. The molecule has 0 atom stereocenters. The first-order valence-electron chi connectivity index (χ1n) is 9.67. The first kappa shape index (κ1) is 21.9. The number of carbonyl (C=O) groups excluding carboxylic acids is 2. The minimum Gasteiger partial charge on any atom is -0.280 e. The Hall–Kier alpha value is -4.31. The van der Waals surface area contributed by atoms with E-state index in [0.29, 0.717) is 5.52 Å². The Kier molecular flexibility index (Phi) is 6.01. The van der Waals surface area contributed by atoms with E-state index in [1.165, 1.54) is 36.4 Å². The number of carbonyl (C=O) groups is 2. The molecule has 3 N–H and O–H groups in total. The number of anilines is 1. The molecular weight excluding hydrogens is 447 g/mol. The van der Waals surface area contributed by atoms with E-state index in [1.54, 1.807) is 18.2 Å². The van der Waals surface area contributed by atoms with Crippen molar-refractivity contribution in [1.82, 2.24) is 15.8 Å². The van der Waals surface area contributed by atoms with Crippen LogP contribution in [0.4, 0.5) is 10.1 Å². The number of fused-ring (bicyclic) bond motifs is 1. The topological polar surface area (TPSA) is 117 Å². The van der Waals surface area contributed by atoms with Crippen molar-refractivity contribution in [3.8, 4) is 0 Å². The van der Waals surface area contributed by atoms with Crippen LogP contribution in [0.5, 0.6) is 0 Å². The summed E-state index contributed by atoms with van der Waals surface area (Å²) < 4.78 is 40.6. The summed E-state index contributed by atoms with van der Waals surface area (Å²) in [6.45, 7) is 0. The van der Waals surface area contributed by atoms with Crippen molar-refractivity contribution in [2.24, 2.45) is 0 Å². The van der Waals surface area contributed by atoms with E-state index in [1.807, 2.05) is 12.1 Å². The number of hydrazine groups is 1. The molecule has 33 heavy (non-hydrogen) atoms. The number of rotatable bonds is 5. The number of nitrogens with zero attached hydrogens (tertiary/aromatic N) is 1. The number of benzene rings is 3. The van der Waals surface area contributed by atoms with Crippen LogP contribution in [-0.4, -0.2) is 25.2 Å². The number of para-hydroxylation sites is 1. The molecule has 0 fully saturated rings. The highest BCUT2D eigenvalue weighted by atomic mass is 32.2. The molecule has 4 aromatic rings. The minimum absolute atomic E-state index is 0.00347. The number of nitrogens with one attached hydrogen (secondary N) is 3. The van der Waals surface area contributed by atoms with E-state index in [0.717, 1.165) is 23.6 Å². The average molecular weight is 464 g/mol. The SMILES string of the molecule is O=C(NNC(=O)c1ccc2ccccc2n1)c1cccc(S(=O)(=O)Nc2ccc(F)cc2)c1. The second-order valence-electron chi connectivity index (χ2n) is 6.94. The summed E-state index contributed by atoms with van der Waals surface area (Å²) in [6.07, 6.45) is 0. The number of amides is 2. The third kappa shape index (κ3) is 5.13. The van der Waals surface area contributed by atoms with E-state index in [2.05, 4.69) is 20.6 Å². The molecule has 0 spiro atoms. The summed E-state index contributed by atoms with van der Waals surface area (Å²) in [5.74, 6) is -1.85. The molecule has 0 aliphatic heterocycles. The van der Waals surface area contributed by atoms with Crippen LogP contribution in [0.25, 0.3) is 10.9 Å². The highest BCUT2D eigenvalue weighted by molar-refractivity contribution is 7.92. The summed E-state index contributed by atoms with van der Waals surface area (Å²) in [5.41, 5.74) is 5.41. The fraction of sp³-hybridized carbons (Fsp3) is 0. The third-order valence-electron chi connectivity index (χ3n) is 4.62. The second-order valence-corrected chi connectivity index (χ2v) is 8.62. The Morgan fingerprint density at radius 1 is 0.788 bits per heavy atom. The zero-order valence-corrected chi connectivity index (χ0v) is 17.8. The number of aromatic nitrogens is 1. The monoisotopic (exact) mass is 464 g/mol. The highest BCUT2D eigenvalue weighted by Crippen LogP contribution is 2.18. The van der Waals surface area contributed by atoms with Gasteiger partial charge in [-0.2, -0.15) is 0 Å². The second kappa shape index (κ2) is 9.05. The van der Waals surface area contributed by atoms with Crippen LogP contribution in [0, 0.1) is 5.82 Å². The minimum atomic E-state index is -4.03. The predicted octanol–water partition coefficient (Wildman–Crippen LogP) is 3.25. The fourth-order valence-corrected chi connectivity index (χ4v) is 4.08. The lowest BCUT2D eigenvalue weighted by Gasteiger charge is -2.10. The Balaban J connectivity index is 1.44. The largest absolute Gasteiger partial charge is 0.288 e. The zero-order chi connectivity index (χ0) is 23.4. The van der Waals surface area contributed by atoms with Gasteiger partial charge < -0.3 is 0 Å². The molecule has 166 valence electrons. The van der Waals surface area contributed by atoms with Gasteiger partial charge in [-0.3, -0.25) is 25.2 Å². The first-order chi connectivity index (χ1) is 15.8. The van der Waals surface area contributed by atoms with Crippen LogP contribution < -0.4 is 15.6 Å². The maximum Gasteiger partial charge on any atom is 0.288 e. The maximum atomic E-state index is 13.0. The van der Waals surface area contributed by atoms with Crippen LogP contribution in [0.15, 0.2) is 89.8 Å². The molecule has 1 heterocycles. The molecule has 0 saturated carbocycles. The van der Waals surface area contributed by atoms with Gasteiger partial charge in [-0.25, -0.2) is 17.8 Å². The normalized spacial score (nSPS) is 11.1. The lowest BCUT2D eigenvalue weighted by Crippen LogP contribution is -2.42. The quantitative estimate of drug-likeness (QED) is 0.392. The maximum absolute atomic E-state index is 13.0. The van der Waals surface area contributed by atoms with Crippen LogP contribution in [-0.2, 0) is 10.0 Å². The number of hydrogen-bond acceptors (Lipinski definition) is 5. The van der Waals surface area contributed by atoms with Crippen molar-refractivity contribution in [2.45, 2.75) is 4.90 Å². The Morgan fingerprint density at radius 3 is 2.30 bits per heavy atom. The number of halogens is 1. The summed E-state index contributed by atoms with van der Waals surface area (Å²) >= 11 is 0. The van der Waals surface area contributed by atoms with Gasteiger partial charge in [0.25, 0.3) is 21.8 Å². The van der Waals surface area contributed by atoms with Gasteiger partial charge in [0, 0.05) is 16.6 Å². The van der Waals surface area contributed by atoms with Gasteiger partial charge in [-0.15, -0.1) is 0 Å². The van der Waals surface area contributed by atoms with Gasteiger partial charge in [0.1, 0.15) is 11.5 Å². The molecule has 0 saturated heterocycles. The van der Waals surface area contributed by atoms with Gasteiger partial charge in [-0.1, -0.05) is 30.3 Å². The number of sulfonamides is 1. The Morgan fingerprint density at radius 2 is 1.52 bits per heavy atom. The molecule has 4 rings (SSSR count). The lowest BCUT2D eigenvalue weighted by molar-refractivity contribution is 0.0844. The van der Waals surface area contributed by atoms with Crippen molar-refractivity contribution < 1.29 is 22.4 Å². The van der Waals surface area contributed by atoms with E-state index in [-0.39, 0.29) is 21.8 Å². The van der Waals surface area contributed by atoms with Crippen LogP contribution in [0.2, 0.25) is 0 Å². The van der Waals surface area contributed by atoms with Crippen molar-refractivity contribution in [3.05, 3.63) is 102 Å². The van der Waals surface area contributed by atoms with Gasteiger partial charge in [0.15, 0.2) is 0 Å². The van der Waals surface area contributed by atoms with E-state index >= 15 is 0 Å². The molecule has 1 aromatic heterocycles. The molecule has 10 heteroatoms. The van der Waals surface area contributed by atoms with Crippen molar-refractivity contribution >= 4 is 38.4 Å². The molecule has 2 amide bonds. The van der Waals surface area contributed by atoms with Crippen LogP contribution in [0.1, 0.15) is 20.8 Å². The highest BCUT2D eigenvalue weighted by Gasteiger charge is 2.17. The number of pyridine rings is 1. The van der Waals surface area contributed by atoms with Gasteiger partial charge >= 0.3 is 0 Å². The van der Waals surface area contributed by atoms with E-state index in [4.69, 9.17) is 0 Å². The molecule has 0 aliphatic rings. The smallest absolute Gasteiger partial charge is 0.280 e.